The summed E-state index contributed by atoms with van der Waals surface area (Å²) in [5.41, 5.74) is 0.660. The van der Waals surface area contributed by atoms with Crippen molar-refractivity contribution in [3.63, 3.8) is 0 Å². The summed E-state index contributed by atoms with van der Waals surface area (Å²) in [6.45, 7) is 5.60. The van der Waals surface area contributed by atoms with Crippen molar-refractivity contribution >= 4 is 40.4 Å². The highest BCUT2D eigenvalue weighted by atomic mass is 16.5. The number of nitrogens with one attached hydrogen (secondary N) is 3. The Morgan fingerprint density at radius 2 is 1.88 bits per heavy atom. The maximum Gasteiger partial charge on any atom is 0.407 e. The van der Waals surface area contributed by atoms with Gasteiger partial charge >= 0.3 is 6.09 Å². The van der Waals surface area contributed by atoms with Crippen molar-refractivity contribution in [2.45, 2.75) is 46.2 Å². The highest BCUT2D eigenvalue weighted by Gasteiger charge is 2.26. The highest BCUT2D eigenvalue weighted by molar-refractivity contribution is 6.08. The van der Waals surface area contributed by atoms with E-state index >= 15 is 0 Å². The zero-order chi connectivity index (χ0) is 30.3. The predicted octanol–water partition coefficient (Wildman–Crippen LogP) is 3.09. The number of methoxy groups -OCH3 is 1. The molecule has 41 heavy (non-hydrogen) atoms. The molecule has 12 heteroatoms. The Bertz CT molecular complexity index is 1530. The standard InChI is InChI=1S/C29H36N6O6/c1-29(2,3)25(37)18-11-9-13-19-24(18)33-22(30-19)17-35-16-10-14-21(27(35)39)31-26(38)20(32-28(40)41-6)12-7-8-15-23(36)34(4)5/h8-11,13-16,20H,7,12,17H2,1-6H3,(H,30,33)(H,31,38)(H,32,40)/b15-8+/t20-/m0/s1. The molecule has 0 aliphatic rings. The minimum atomic E-state index is -1.02. The number of H-pyrrole nitrogens is 1. The number of aromatic nitrogens is 3. The molecule has 0 aliphatic heterocycles. The van der Waals surface area contributed by atoms with Gasteiger partial charge in [-0.2, -0.15) is 0 Å². The number of benzene rings is 1. The van der Waals surface area contributed by atoms with Gasteiger partial charge in [0.25, 0.3) is 5.56 Å². The summed E-state index contributed by atoms with van der Waals surface area (Å²) in [5.74, 6) is -0.399. The first kappa shape index (κ1) is 30.8. The van der Waals surface area contributed by atoms with Gasteiger partial charge in [0.2, 0.25) is 11.8 Å². The number of anilines is 1. The molecule has 2 aromatic heterocycles. The van der Waals surface area contributed by atoms with Crippen LogP contribution in [0.3, 0.4) is 0 Å². The first-order chi connectivity index (χ1) is 19.3. The molecule has 0 spiro atoms. The number of likely N-dealkylation sites (N-methyl/N-ethyl adjacent to an activating group) is 1. The summed E-state index contributed by atoms with van der Waals surface area (Å²) in [6, 6.07) is 7.34. The Morgan fingerprint density at radius 3 is 2.54 bits per heavy atom. The van der Waals surface area contributed by atoms with Gasteiger partial charge in [-0.05, 0) is 43.2 Å². The van der Waals surface area contributed by atoms with Crippen LogP contribution in [0.25, 0.3) is 11.0 Å². The predicted molar refractivity (Wildman–Crippen MR) is 155 cm³/mol. The maximum absolute atomic E-state index is 13.2. The van der Waals surface area contributed by atoms with E-state index in [2.05, 4.69) is 25.3 Å². The van der Waals surface area contributed by atoms with Gasteiger partial charge in [-0.25, -0.2) is 9.78 Å². The number of rotatable bonds is 10. The molecule has 1 aromatic carbocycles. The normalized spacial score (nSPS) is 12.2. The van der Waals surface area contributed by atoms with Gasteiger partial charge in [0.15, 0.2) is 5.78 Å². The number of imidazole rings is 1. The summed E-state index contributed by atoms with van der Waals surface area (Å²) < 4.78 is 6.00. The number of alkyl carbamates (subject to hydrolysis) is 1. The number of ether oxygens (including phenoxy) is 1. The number of hydrogen-bond acceptors (Lipinski definition) is 7. The number of carbonyl (C=O) groups is 4. The fourth-order valence-electron chi connectivity index (χ4n) is 3.95. The molecule has 0 saturated heterocycles. The second-order valence-corrected chi connectivity index (χ2v) is 10.7. The highest BCUT2D eigenvalue weighted by Crippen LogP contribution is 2.25. The van der Waals surface area contributed by atoms with Gasteiger partial charge in [0.1, 0.15) is 17.6 Å². The van der Waals surface area contributed by atoms with Crippen LogP contribution in [0.5, 0.6) is 0 Å². The number of aromatic amines is 1. The number of para-hydroxylation sites is 1. The van der Waals surface area contributed by atoms with E-state index < -0.39 is 29.0 Å². The van der Waals surface area contributed by atoms with Crippen LogP contribution in [-0.4, -0.2) is 70.4 Å². The number of allylic oxidation sites excluding steroid dienone is 1. The Morgan fingerprint density at radius 1 is 1.15 bits per heavy atom. The van der Waals surface area contributed by atoms with Crippen LogP contribution >= 0.6 is 0 Å². The van der Waals surface area contributed by atoms with Crippen LogP contribution in [0.15, 0.2) is 53.5 Å². The van der Waals surface area contributed by atoms with Crippen LogP contribution in [-0.2, 0) is 20.9 Å². The van der Waals surface area contributed by atoms with Crippen molar-refractivity contribution in [3.05, 3.63) is 70.4 Å². The molecule has 1 atom stereocenters. The van der Waals surface area contributed by atoms with Crippen molar-refractivity contribution in [1.82, 2.24) is 24.8 Å². The lowest BCUT2D eigenvalue weighted by atomic mass is 9.86. The third-order valence-corrected chi connectivity index (χ3v) is 6.21. The fourth-order valence-corrected chi connectivity index (χ4v) is 3.95. The van der Waals surface area contributed by atoms with Crippen molar-refractivity contribution in [1.29, 1.82) is 0 Å². The average Bonchev–Trinajstić information content (AvgIpc) is 3.33. The molecule has 0 unspecified atom stereocenters. The van der Waals surface area contributed by atoms with Gasteiger partial charge in [0.05, 0.1) is 24.7 Å². The summed E-state index contributed by atoms with van der Waals surface area (Å²) >= 11 is 0. The molecule has 12 nitrogen and oxygen atoms in total. The molecule has 218 valence electrons. The molecule has 3 amide bonds. The number of amides is 3. The number of ketones is 1. The van der Waals surface area contributed by atoms with E-state index in [0.29, 0.717) is 28.8 Å². The van der Waals surface area contributed by atoms with Gasteiger partial charge in [-0.3, -0.25) is 19.2 Å². The number of Topliss-reactive ketones (excluding diaryl/α,β-unsaturated/α-hetero) is 1. The van der Waals surface area contributed by atoms with E-state index in [4.69, 9.17) is 0 Å². The lowest BCUT2D eigenvalue weighted by molar-refractivity contribution is -0.123. The molecular weight excluding hydrogens is 528 g/mol. The summed E-state index contributed by atoms with van der Waals surface area (Å²) in [4.78, 5) is 71.9. The smallest absolute Gasteiger partial charge is 0.407 e. The van der Waals surface area contributed by atoms with Crippen LogP contribution in [0.2, 0.25) is 0 Å². The Kier molecular flexibility index (Phi) is 9.82. The molecule has 0 radical (unpaired) electrons. The second-order valence-electron chi connectivity index (χ2n) is 10.7. The molecule has 3 N–H and O–H groups in total. The lowest BCUT2D eigenvalue weighted by Crippen LogP contribution is -2.44. The van der Waals surface area contributed by atoms with Crippen LogP contribution in [0, 0.1) is 5.41 Å². The Balaban J connectivity index is 1.79. The third kappa shape index (κ3) is 7.90. The fraction of sp³-hybridized carbons (Fsp3) is 0.379. The zero-order valence-corrected chi connectivity index (χ0v) is 24.1. The van der Waals surface area contributed by atoms with E-state index in [1.54, 1.807) is 50.6 Å². The molecule has 0 bridgehead atoms. The first-order valence-corrected chi connectivity index (χ1v) is 13.1. The molecule has 0 saturated carbocycles. The Labute approximate surface area is 237 Å². The number of fused-ring (bicyclic) bond motifs is 1. The molecular formula is C29H36N6O6. The van der Waals surface area contributed by atoms with Gasteiger partial charge in [-0.1, -0.05) is 32.9 Å². The minimum absolute atomic E-state index is 0.00667. The van der Waals surface area contributed by atoms with E-state index in [0.717, 1.165) is 0 Å². The van der Waals surface area contributed by atoms with E-state index in [1.165, 1.54) is 28.7 Å². The lowest BCUT2D eigenvalue weighted by Gasteiger charge is -2.17. The quantitative estimate of drug-likeness (QED) is 0.252. The molecule has 0 fully saturated rings. The summed E-state index contributed by atoms with van der Waals surface area (Å²) in [5, 5.41) is 5.04. The van der Waals surface area contributed by atoms with Crippen LogP contribution in [0.1, 0.15) is 49.8 Å². The van der Waals surface area contributed by atoms with Crippen molar-refractivity contribution in [3.8, 4) is 0 Å². The third-order valence-electron chi connectivity index (χ3n) is 6.21. The SMILES string of the molecule is COC(=O)N[C@@H](CC/C=C/C(=O)N(C)C)C(=O)Nc1cccn(Cc2nc3cccc(C(=O)C(C)(C)C)c3[nH]2)c1=O. The average molecular weight is 565 g/mol. The number of carbonyl (C=O) groups excluding carboxylic acids is 4. The van der Waals surface area contributed by atoms with E-state index in [1.807, 2.05) is 20.8 Å². The van der Waals surface area contributed by atoms with Crippen LogP contribution in [0.4, 0.5) is 10.5 Å². The monoisotopic (exact) mass is 564 g/mol. The Hall–Kier alpha value is -4.74. The summed E-state index contributed by atoms with van der Waals surface area (Å²) in [6.07, 6.45) is 4.20. The second kappa shape index (κ2) is 13.1. The number of nitrogens with zero attached hydrogens (tertiary/aromatic N) is 3. The van der Waals surface area contributed by atoms with Gasteiger partial charge < -0.3 is 29.8 Å². The number of pyridine rings is 1. The topological polar surface area (TPSA) is 155 Å². The molecule has 0 aliphatic carbocycles. The van der Waals surface area contributed by atoms with Crippen molar-refractivity contribution < 1.29 is 23.9 Å². The van der Waals surface area contributed by atoms with Crippen LogP contribution < -0.4 is 16.2 Å². The maximum atomic E-state index is 13.2. The first-order valence-electron chi connectivity index (χ1n) is 13.1. The van der Waals surface area contributed by atoms with Gasteiger partial charge in [0, 0.05) is 31.3 Å². The molecule has 3 aromatic rings. The van der Waals surface area contributed by atoms with E-state index in [-0.39, 0.29) is 30.3 Å². The van der Waals surface area contributed by atoms with E-state index in [9.17, 15) is 24.0 Å². The minimum Gasteiger partial charge on any atom is -0.453 e. The zero-order valence-electron chi connectivity index (χ0n) is 24.1. The molecule has 3 rings (SSSR count). The van der Waals surface area contributed by atoms with Crippen molar-refractivity contribution in [2.24, 2.45) is 5.41 Å². The number of hydrogen-bond donors (Lipinski definition) is 3. The molecule has 2 heterocycles. The van der Waals surface area contributed by atoms with Crippen molar-refractivity contribution in [2.75, 3.05) is 26.5 Å². The largest absolute Gasteiger partial charge is 0.453 e. The summed E-state index contributed by atoms with van der Waals surface area (Å²) in [7, 11) is 4.41. The van der Waals surface area contributed by atoms with Gasteiger partial charge in [-0.15, -0.1) is 0 Å².